The smallest absolute Gasteiger partial charge is 0.320 e. The van der Waals surface area contributed by atoms with Crippen LogP contribution in [0, 0.1) is 5.92 Å². The Balaban J connectivity index is 2.43. The van der Waals surface area contributed by atoms with Crippen LogP contribution in [0.4, 0.5) is 4.79 Å². The van der Waals surface area contributed by atoms with Gasteiger partial charge in [0.2, 0.25) is 0 Å². The molecule has 0 aromatic carbocycles. The molecule has 0 aliphatic carbocycles. The van der Waals surface area contributed by atoms with Crippen LogP contribution in [0.15, 0.2) is 0 Å². The minimum absolute atomic E-state index is 0.138. The van der Waals surface area contributed by atoms with E-state index in [0.717, 1.165) is 45.3 Å². The Bertz CT molecular complexity index is 323. The maximum absolute atomic E-state index is 12.5. The molecule has 20 heavy (non-hydrogen) atoms. The van der Waals surface area contributed by atoms with Crippen LogP contribution in [-0.4, -0.2) is 52.6 Å². The van der Waals surface area contributed by atoms with Crippen molar-refractivity contribution >= 4 is 12.0 Å². The minimum atomic E-state index is -0.725. The number of carboxylic acids is 1. The third-order valence-corrected chi connectivity index (χ3v) is 3.99. The predicted octanol–water partition coefficient (Wildman–Crippen LogP) is 2.80. The molecule has 116 valence electrons. The summed E-state index contributed by atoms with van der Waals surface area (Å²) in [4.78, 5) is 26.9. The zero-order valence-corrected chi connectivity index (χ0v) is 13.0. The standard InChI is InChI=1S/C15H28N2O3/c1-4-9-17(12(2)3)15(20)16-10-7-13(8-11-16)5-6-14(18)19/h12-13H,4-11H2,1-3H3,(H,18,19). The summed E-state index contributed by atoms with van der Waals surface area (Å²) in [7, 11) is 0. The molecule has 0 saturated carbocycles. The lowest BCUT2D eigenvalue weighted by Gasteiger charge is -2.37. The normalized spacial score (nSPS) is 16.5. The van der Waals surface area contributed by atoms with E-state index in [2.05, 4.69) is 6.92 Å². The van der Waals surface area contributed by atoms with Crippen LogP contribution in [0.1, 0.15) is 52.9 Å². The Kier molecular flexibility index (Phi) is 6.82. The SMILES string of the molecule is CCCN(C(=O)N1CCC(CCC(=O)O)CC1)C(C)C. The molecular weight excluding hydrogens is 256 g/mol. The topological polar surface area (TPSA) is 60.9 Å². The second-order valence-corrected chi connectivity index (χ2v) is 5.93. The second kappa shape index (κ2) is 8.12. The summed E-state index contributed by atoms with van der Waals surface area (Å²) in [6.07, 6.45) is 3.81. The molecular formula is C15H28N2O3. The van der Waals surface area contributed by atoms with Gasteiger partial charge in [-0.05, 0) is 45.4 Å². The van der Waals surface area contributed by atoms with E-state index in [4.69, 9.17) is 5.11 Å². The van der Waals surface area contributed by atoms with E-state index in [1.807, 2.05) is 23.6 Å². The highest BCUT2D eigenvalue weighted by Gasteiger charge is 2.27. The summed E-state index contributed by atoms with van der Waals surface area (Å²) < 4.78 is 0. The number of carbonyl (C=O) groups is 2. The zero-order chi connectivity index (χ0) is 15.1. The van der Waals surface area contributed by atoms with Crippen molar-refractivity contribution in [3.8, 4) is 0 Å². The van der Waals surface area contributed by atoms with Gasteiger partial charge in [0.15, 0.2) is 0 Å². The van der Waals surface area contributed by atoms with Crippen LogP contribution in [-0.2, 0) is 4.79 Å². The summed E-state index contributed by atoms with van der Waals surface area (Å²) >= 11 is 0. The molecule has 5 heteroatoms. The molecule has 2 amide bonds. The van der Waals surface area contributed by atoms with Gasteiger partial charge < -0.3 is 14.9 Å². The average Bonchev–Trinajstić information content (AvgIpc) is 2.42. The molecule has 0 radical (unpaired) electrons. The maximum Gasteiger partial charge on any atom is 0.320 e. The molecule has 1 saturated heterocycles. The molecule has 5 nitrogen and oxygen atoms in total. The lowest BCUT2D eigenvalue weighted by Crippen LogP contribution is -2.49. The summed E-state index contributed by atoms with van der Waals surface area (Å²) in [6, 6.07) is 0.366. The average molecular weight is 284 g/mol. The Labute approximate surface area is 121 Å². The third kappa shape index (κ3) is 5.02. The van der Waals surface area contributed by atoms with Gasteiger partial charge in [-0.1, -0.05) is 6.92 Å². The largest absolute Gasteiger partial charge is 0.481 e. The Morgan fingerprint density at radius 2 is 1.90 bits per heavy atom. The lowest BCUT2D eigenvalue weighted by molar-refractivity contribution is -0.137. The number of likely N-dealkylation sites (tertiary alicyclic amines) is 1. The van der Waals surface area contributed by atoms with E-state index in [1.54, 1.807) is 0 Å². The van der Waals surface area contributed by atoms with Crippen LogP contribution < -0.4 is 0 Å². The number of aliphatic carboxylic acids is 1. The van der Waals surface area contributed by atoms with Crippen molar-refractivity contribution in [3.63, 3.8) is 0 Å². The summed E-state index contributed by atoms with van der Waals surface area (Å²) in [6.45, 7) is 8.50. The Morgan fingerprint density at radius 3 is 2.35 bits per heavy atom. The van der Waals surface area contributed by atoms with Crippen LogP contribution in [0.3, 0.4) is 0 Å². The molecule has 1 aliphatic rings. The quantitative estimate of drug-likeness (QED) is 0.816. The van der Waals surface area contributed by atoms with Crippen LogP contribution in [0.5, 0.6) is 0 Å². The van der Waals surface area contributed by atoms with Gasteiger partial charge in [-0.15, -0.1) is 0 Å². The number of carbonyl (C=O) groups excluding carboxylic acids is 1. The van der Waals surface area contributed by atoms with Crippen molar-refractivity contribution in [2.24, 2.45) is 5.92 Å². The van der Waals surface area contributed by atoms with Crippen molar-refractivity contribution in [2.75, 3.05) is 19.6 Å². The fourth-order valence-electron chi connectivity index (χ4n) is 2.74. The first kappa shape index (κ1) is 16.8. The molecule has 0 bridgehead atoms. The lowest BCUT2D eigenvalue weighted by atomic mass is 9.92. The van der Waals surface area contributed by atoms with Crippen molar-refractivity contribution in [2.45, 2.75) is 58.9 Å². The predicted molar refractivity (Wildman–Crippen MR) is 78.7 cm³/mol. The van der Waals surface area contributed by atoms with Gasteiger partial charge in [0.05, 0.1) is 0 Å². The van der Waals surface area contributed by atoms with E-state index in [1.165, 1.54) is 0 Å². The fraction of sp³-hybridized carbons (Fsp3) is 0.867. The molecule has 0 unspecified atom stereocenters. The van der Waals surface area contributed by atoms with Crippen molar-refractivity contribution in [1.29, 1.82) is 0 Å². The number of hydrogen-bond donors (Lipinski definition) is 1. The van der Waals surface area contributed by atoms with Gasteiger partial charge in [-0.25, -0.2) is 4.79 Å². The highest BCUT2D eigenvalue weighted by Crippen LogP contribution is 2.23. The molecule has 0 aromatic rings. The summed E-state index contributed by atoms with van der Waals surface area (Å²) in [5, 5.41) is 8.71. The van der Waals surface area contributed by atoms with Gasteiger partial charge >= 0.3 is 12.0 Å². The number of carboxylic acid groups (broad SMARTS) is 1. The fourth-order valence-corrected chi connectivity index (χ4v) is 2.74. The van der Waals surface area contributed by atoms with E-state index in [-0.39, 0.29) is 18.5 Å². The third-order valence-electron chi connectivity index (χ3n) is 3.99. The number of amides is 2. The first-order valence-electron chi connectivity index (χ1n) is 7.73. The Hall–Kier alpha value is -1.26. The van der Waals surface area contributed by atoms with Crippen molar-refractivity contribution in [3.05, 3.63) is 0 Å². The molecule has 1 N–H and O–H groups in total. The van der Waals surface area contributed by atoms with Crippen LogP contribution in [0.25, 0.3) is 0 Å². The highest BCUT2D eigenvalue weighted by atomic mass is 16.4. The molecule has 1 aliphatic heterocycles. The molecule has 0 spiro atoms. The summed E-state index contributed by atoms with van der Waals surface area (Å²) in [5.41, 5.74) is 0. The number of rotatable bonds is 6. The zero-order valence-electron chi connectivity index (χ0n) is 13.0. The van der Waals surface area contributed by atoms with Gasteiger partial charge in [-0.2, -0.15) is 0 Å². The van der Waals surface area contributed by atoms with Crippen LogP contribution in [0.2, 0.25) is 0 Å². The first-order chi connectivity index (χ1) is 9.45. The molecule has 1 rings (SSSR count). The number of urea groups is 1. The molecule has 1 heterocycles. The number of piperidine rings is 1. The Morgan fingerprint density at radius 1 is 1.30 bits per heavy atom. The van der Waals surface area contributed by atoms with Gasteiger partial charge in [0.25, 0.3) is 0 Å². The van der Waals surface area contributed by atoms with Crippen LogP contribution >= 0.6 is 0 Å². The van der Waals surface area contributed by atoms with E-state index in [0.29, 0.717) is 5.92 Å². The molecule has 1 fully saturated rings. The summed E-state index contributed by atoms with van der Waals surface area (Å²) in [5.74, 6) is -0.272. The van der Waals surface area contributed by atoms with Crippen molar-refractivity contribution in [1.82, 2.24) is 9.80 Å². The highest BCUT2D eigenvalue weighted by molar-refractivity contribution is 5.74. The van der Waals surface area contributed by atoms with Gasteiger partial charge in [-0.3, -0.25) is 4.79 Å². The number of hydrogen-bond acceptors (Lipinski definition) is 2. The van der Waals surface area contributed by atoms with E-state index >= 15 is 0 Å². The maximum atomic E-state index is 12.5. The minimum Gasteiger partial charge on any atom is -0.481 e. The second-order valence-electron chi connectivity index (χ2n) is 5.93. The molecule has 0 atom stereocenters. The van der Waals surface area contributed by atoms with E-state index in [9.17, 15) is 9.59 Å². The monoisotopic (exact) mass is 284 g/mol. The van der Waals surface area contributed by atoms with Gasteiger partial charge in [0.1, 0.15) is 0 Å². The first-order valence-corrected chi connectivity index (χ1v) is 7.73. The van der Waals surface area contributed by atoms with Gasteiger partial charge in [0, 0.05) is 32.1 Å². The van der Waals surface area contributed by atoms with E-state index < -0.39 is 5.97 Å². The van der Waals surface area contributed by atoms with Crippen molar-refractivity contribution < 1.29 is 14.7 Å². The number of nitrogens with zero attached hydrogens (tertiary/aromatic N) is 2. The molecule has 0 aromatic heterocycles.